The van der Waals surface area contributed by atoms with Gasteiger partial charge in [-0.05, 0) is 53.4 Å². The largest absolute Gasteiger partial charge is 0.366 e. The van der Waals surface area contributed by atoms with Crippen LogP contribution < -0.4 is 11.1 Å². The van der Waals surface area contributed by atoms with Crippen molar-refractivity contribution < 1.29 is 22.8 Å². The van der Waals surface area contributed by atoms with E-state index in [0.717, 1.165) is 23.3 Å². The van der Waals surface area contributed by atoms with Gasteiger partial charge in [0.2, 0.25) is 5.91 Å². The molecule has 0 aliphatic heterocycles. The second kappa shape index (κ2) is 11.9. The van der Waals surface area contributed by atoms with E-state index in [4.69, 9.17) is 5.73 Å². The molecule has 0 aliphatic rings. The van der Waals surface area contributed by atoms with Crippen LogP contribution in [0.15, 0.2) is 97.5 Å². The summed E-state index contributed by atoms with van der Waals surface area (Å²) in [6.07, 6.45) is 4.88. The van der Waals surface area contributed by atoms with E-state index < -0.39 is 35.3 Å². The number of nitrogens with zero attached hydrogens (tertiary/aromatic N) is 3. The molecular formula is C31H24F3N5O2. The van der Waals surface area contributed by atoms with Crippen molar-refractivity contribution in [1.82, 2.24) is 20.1 Å². The number of hydrogen-bond donors (Lipinski definition) is 2. The Bertz CT molecular complexity index is 1700. The lowest BCUT2D eigenvalue weighted by atomic mass is 9.94. The Morgan fingerprint density at radius 3 is 2.37 bits per heavy atom. The molecule has 206 valence electrons. The summed E-state index contributed by atoms with van der Waals surface area (Å²) in [5.41, 5.74) is 8.33. The first kappa shape index (κ1) is 27.3. The van der Waals surface area contributed by atoms with Gasteiger partial charge in [-0.3, -0.25) is 19.3 Å². The Kier molecular flexibility index (Phi) is 7.91. The maximum absolute atomic E-state index is 14.2. The van der Waals surface area contributed by atoms with Gasteiger partial charge in [-0.25, -0.2) is 13.2 Å². The number of amides is 2. The van der Waals surface area contributed by atoms with Gasteiger partial charge in [-0.15, -0.1) is 0 Å². The van der Waals surface area contributed by atoms with Gasteiger partial charge in [0.15, 0.2) is 0 Å². The Morgan fingerprint density at radius 1 is 0.878 bits per heavy atom. The molecule has 0 radical (unpaired) electrons. The molecule has 41 heavy (non-hydrogen) atoms. The Labute approximate surface area is 233 Å². The van der Waals surface area contributed by atoms with Crippen molar-refractivity contribution in [2.45, 2.75) is 19.0 Å². The predicted molar refractivity (Wildman–Crippen MR) is 147 cm³/mol. The smallest absolute Gasteiger partial charge is 0.251 e. The lowest BCUT2D eigenvalue weighted by Gasteiger charge is -2.22. The van der Waals surface area contributed by atoms with Crippen LogP contribution in [0, 0.1) is 17.5 Å². The lowest BCUT2D eigenvalue weighted by molar-refractivity contribution is -0.122. The van der Waals surface area contributed by atoms with E-state index in [0.29, 0.717) is 16.8 Å². The number of halogens is 3. The molecule has 2 amide bonds. The molecule has 7 nitrogen and oxygen atoms in total. The van der Waals surface area contributed by atoms with E-state index in [1.54, 1.807) is 24.5 Å². The van der Waals surface area contributed by atoms with Crippen molar-refractivity contribution in [3.8, 4) is 22.3 Å². The van der Waals surface area contributed by atoms with Crippen LogP contribution >= 0.6 is 0 Å². The molecule has 2 heterocycles. The first-order chi connectivity index (χ1) is 19.8. The van der Waals surface area contributed by atoms with Gasteiger partial charge in [0.1, 0.15) is 24.0 Å². The zero-order valence-corrected chi connectivity index (χ0v) is 21.6. The molecule has 0 spiro atoms. The normalized spacial score (nSPS) is 11.7. The highest BCUT2D eigenvalue weighted by atomic mass is 19.1. The van der Waals surface area contributed by atoms with Crippen LogP contribution in [0.25, 0.3) is 22.3 Å². The summed E-state index contributed by atoms with van der Waals surface area (Å²) >= 11 is 0. The Balaban J connectivity index is 1.47. The van der Waals surface area contributed by atoms with Crippen LogP contribution in [0.2, 0.25) is 0 Å². The van der Waals surface area contributed by atoms with Crippen molar-refractivity contribution in [1.29, 1.82) is 0 Å². The lowest BCUT2D eigenvalue weighted by Crippen LogP contribution is -2.33. The second-order valence-electron chi connectivity index (χ2n) is 9.39. The summed E-state index contributed by atoms with van der Waals surface area (Å²) in [4.78, 5) is 29.5. The number of rotatable bonds is 9. The monoisotopic (exact) mass is 555 g/mol. The zero-order valence-electron chi connectivity index (χ0n) is 21.6. The topological polar surface area (TPSA) is 103 Å². The molecule has 0 saturated carbocycles. The molecule has 5 rings (SSSR count). The van der Waals surface area contributed by atoms with Gasteiger partial charge in [-0.2, -0.15) is 5.10 Å². The predicted octanol–water partition coefficient (Wildman–Crippen LogP) is 5.23. The summed E-state index contributed by atoms with van der Waals surface area (Å²) in [5, 5.41) is 7.19. The average Bonchev–Trinajstić information content (AvgIpc) is 3.41. The molecule has 1 atom stereocenters. The molecule has 0 bridgehead atoms. The summed E-state index contributed by atoms with van der Waals surface area (Å²) in [6.45, 7) is -0.134. The van der Waals surface area contributed by atoms with Crippen molar-refractivity contribution in [2.75, 3.05) is 0 Å². The maximum Gasteiger partial charge on any atom is 0.251 e. The molecule has 0 fully saturated rings. The number of primary amides is 1. The van der Waals surface area contributed by atoms with Crippen molar-refractivity contribution in [3.63, 3.8) is 0 Å². The fourth-order valence-electron chi connectivity index (χ4n) is 4.62. The van der Waals surface area contributed by atoms with Gasteiger partial charge in [0, 0.05) is 29.6 Å². The van der Waals surface area contributed by atoms with Gasteiger partial charge >= 0.3 is 0 Å². The third-order valence-electron chi connectivity index (χ3n) is 6.45. The molecule has 2 aromatic heterocycles. The number of aromatic nitrogens is 3. The zero-order chi connectivity index (χ0) is 28.9. The Morgan fingerprint density at radius 2 is 1.63 bits per heavy atom. The minimum absolute atomic E-state index is 0.0112. The number of carbonyl (C=O) groups excluding carboxylic acids is 2. The molecule has 3 aromatic carbocycles. The number of benzene rings is 3. The first-order valence-electron chi connectivity index (χ1n) is 12.6. The number of hydrogen-bond acceptors (Lipinski definition) is 4. The van der Waals surface area contributed by atoms with Crippen molar-refractivity contribution in [2.24, 2.45) is 5.73 Å². The fourth-order valence-corrected chi connectivity index (χ4v) is 4.62. The number of carbonyl (C=O) groups is 2. The summed E-state index contributed by atoms with van der Waals surface area (Å²) in [7, 11) is 0. The van der Waals surface area contributed by atoms with Crippen LogP contribution in [0.3, 0.4) is 0 Å². The number of pyridine rings is 1. The van der Waals surface area contributed by atoms with E-state index in [-0.39, 0.29) is 24.1 Å². The van der Waals surface area contributed by atoms with E-state index >= 15 is 0 Å². The SMILES string of the molecule is NC(=O)c1cc(-c2cccnc2[C@H](Cc2cc(F)cc(F)c2)NC(=O)Cn2cc(-c3ccccc3)cn2)ccc1F. The summed E-state index contributed by atoms with van der Waals surface area (Å²) < 4.78 is 43.8. The average molecular weight is 556 g/mol. The maximum atomic E-state index is 14.2. The van der Waals surface area contributed by atoms with E-state index in [1.165, 1.54) is 35.1 Å². The van der Waals surface area contributed by atoms with Gasteiger partial charge in [0.25, 0.3) is 5.91 Å². The van der Waals surface area contributed by atoms with Crippen LogP contribution in [0.5, 0.6) is 0 Å². The first-order valence-corrected chi connectivity index (χ1v) is 12.6. The molecule has 5 aromatic rings. The van der Waals surface area contributed by atoms with E-state index in [9.17, 15) is 22.8 Å². The quantitative estimate of drug-likeness (QED) is 0.260. The minimum atomic E-state index is -0.941. The van der Waals surface area contributed by atoms with Crippen LogP contribution in [-0.2, 0) is 17.8 Å². The van der Waals surface area contributed by atoms with Gasteiger partial charge in [0.05, 0.1) is 23.5 Å². The fraction of sp³-hybridized carbons (Fsp3) is 0.0968. The van der Waals surface area contributed by atoms with Crippen LogP contribution in [0.4, 0.5) is 13.2 Å². The molecule has 0 unspecified atom stereocenters. The molecule has 10 heteroatoms. The molecular weight excluding hydrogens is 531 g/mol. The van der Waals surface area contributed by atoms with E-state index in [1.807, 2.05) is 30.3 Å². The van der Waals surface area contributed by atoms with Crippen LogP contribution in [0.1, 0.15) is 27.7 Å². The van der Waals surface area contributed by atoms with Gasteiger partial charge < -0.3 is 11.1 Å². The number of nitrogens with one attached hydrogen (secondary N) is 1. The van der Waals surface area contributed by atoms with E-state index in [2.05, 4.69) is 15.4 Å². The highest BCUT2D eigenvalue weighted by Gasteiger charge is 2.23. The number of nitrogens with two attached hydrogens (primary N) is 1. The minimum Gasteiger partial charge on any atom is -0.366 e. The molecule has 3 N–H and O–H groups in total. The second-order valence-corrected chi connectivity index (χ2v) is 9.39. The summed E-state index contributed by atoms with van der Waals surface area (Å²) in [6, 6.07) is 19.0. The van der Waals surface area contributed by atoms with Gasteiger partial charge in [-0.1, -0.05) is 42.5 Å². The highest BCUT2D eigenvalue weighted by molar-refractivity contribution is 5.94. The van der Waals surface area contributed by atoms with Crippen molar-refractivity contribution in [3.05, 3.63) is 132 Å². The van der Waals surface area contributed by atoms with Crippen LogP contribution in [-0.4, -0.2) is 26.6 Å². The third-order valence-corrected chi connectivity index (χ3v) is 6.45. The third kappa shape index (κ3) is 6.50. The molecule has 0 saturated heterocycles. The highest BCUT2D eigenvalue weighted by Crippen LogP contribution is 2.30. The summed E-state index contributed by atoms with van der Waals surface area (Å²) in [5.74, 6) is -3.67. The standard InChI is InChI=1S/C31H24F3N5O2/c32-23-11-19(12-24(33)15-23)13-28(38-29(40)18-39-17-22(16-37-39)20-5-2-1-3-6-20)30-25(7-4-10-36-30)21-8-9-27(34)26(14-21)31(35)41/h1-12,14-17,28H,13,18H2,(H2,35,41)(H,38,40)/t28-/m0/s1. The van der Waals surface area contributed by atoms with Crippen molar-refractivity contribution >= 4 is 11.8 Å². The molecule has 0 aliphatic carbocycles. The Hall–Kier alpha value is -5.25.